The van der Waals surface area contributed by atoms with Crippen LogP contribution in [0.5, 0.6) is 0 Å². The lowest BCUT2D eigenvalue weighted by Crippen LogP contribution is -2.22. The molecule has 0 aliphatic carbocycles. The second-order valence-corrected chi connectivity index (χ2v) is 5.70. The molecule has 0 radical (unpaired) electrons. The van der Waals surface area contributed by atoms with Crippen LogP contribution >= 0.6 is 0 Å². The molecule has 1 unspecified atom stereocenters. The van der Waals surface area contributed by atoms with Gasteiger partial charge in [-0.1, -0.05) is 20.8 Å². The summed E-state index contributed by atoms with van der Waals surface area (Å²) in [6, 6.07) is 0.501. The smallest absolute Gasteiger partial charge is 0.0629 e. The monoisotopic (exact) mass is 251 g/mol. The third-order valence-electron chi connectivity index (χ3n) is 3.59. The molecule has 0 aliphatic rings. The normalized spacial score (nSPS) is 13.3. The summed E-state index contributed by atoms with van der Waals surface area (Å²) in [6.07, 6.45) is 2.22. The van der Waals surface area contributed by atoms with Crippen LogP contribution in [0, 0.1) is 19.8 Å². The van der Waals surface area contributed by atoms with E-state index in [2.05, 4.69) is 56.6 Å². The van der Waals surface area contributed by atoms with Crippen LogP contribution in [0.15, 0.2) is 0 Å². The quantitative estimate of drug-likeness (QED) is 0.754. The zero-order chi connectivity index (χ0) is 13.7. The van der Waals surface area contributed by atoms with Gasteiger partial charge in [-0.15, -0.1) is 0 Å². The summed E-state index contributed by atoms with van der Waals surface area (Å²) in [6.45, 7) is 15.4. The van der Waals surface area contributed by atoms with Gasteiger partial charge in [0.15, 0.2) is 0 Å². The molecule has 0 saturated carbocycles. The maximum atomic E-state index is 4.68. The number of hydrogen-bond donors (Lipinski definition) is 1. The fourth-order valence-electron chi connectivity index (χ4n) is 2.27. The highest BCUT2D eigenvalue weighted by molar-refractivity contribution is 5.25. The number of aryl methyl sites for hydroxylation is 1. The van der Waals surface area contributed by atoms with E-state index in [0.29, 0.717) is 6.04 Å². The number of nitrogens with zero attached hydrogens (tertiary/aromatic N) is 2. The average Bonchev–Trinajstić information content (AvgIpc) is 2.60. The summed E-state index contributed by atoms with van der Waals surface area (Å²) >= 11 is 0. The molecule has 1 rings (SSSR count). The Bertz CT molecular complexity index is 366. The molecule has 0 fully saturated rings. The van der Waals surface area contributed by atoms with Crippen molar-refractivity contribution in [3.8, 4) is 0 Å². The minimum Gasteiger partial charge on any atom is -0.316 e. The van der Waals surface area contributed by atoms with Crippen LogP contribution in [0.25, 0.3) is 0 Å². The average molecular weight is 251 g/mol. The van der Waals surface area contributed by atoms with Crippen molar-refractivity contribution in [1.82, 2.24) is 15.1 Å². The number of nitrogens with one attached hydrogen (secondary N) is 1. The first kappa shape index (κ1) is 15.2. The Morgan fingerprint density at radius 2 is 1.89 bits per heavy atom. The van der Waals surface area contributed by atoms with Gasteiger partial charge in [0, 0.05) is 11.7 Å². The van der Waals surface area contributed by atoms with Crippen LogP contribution in [0.3, 0.4) is 0 Å². The van der Waals surface area contributed by atoms with Crippen LogP contribution in [-0.4, -0.2) is 22.9 Å². The standard InChI is InChI=1S/C15H29N3/c1-7-12(4)18-14(6)15(13(5)17-18)8-9-16-10-11(2)3/h11-12,16H,7-10H2,1-6H3. The molecular formula is C15H29N3. The molecule has 3 heteroatoms. The Labute approximate surface area is 112 Å². The molecule has 0 aliphatic heterocycles. The van der Waals surface area contributed by atoms with Crippen LogP contribution in [0.4, 0.5) is 0 Å². The van der Waals surface area contributed by atoms with E-state index in [-0.39, 0.29) is 0 Å². The summed E-state index contributed by atoms with van der Waals surface area (Å²) in [4.78, 5) is 0. The SMILES string of the molecule is CCC(C)n1nc(C)c(CCNCC(C)C)c1C. The topological polar surface area (TPSA) is 29.9 Å². The second kappa shape index (κ2) is 6.93. The van der Waals surface area contributed by atoms with Gasteiger partial charge in [-0.3, -0.25) is 4.68 Å². The minimum absolute atomic E-state index is 0.501. The lowest BCUT2D eigenvalue weighted by molar-refractivity contribution is 0.464. The Balaban J connectivity index is 2.63. The molecule has 18 heavy (non-hydrogen) atoms. The molecule has 3 nitrogen and oxygen atoms in total. The van der Waals surface area contributed by atoms with Crippen molar-refractivity contribution >= 4 is 0 Å². The predicted molar refractivity (Wildman–Crippen MR) is 78.1 cm³/mol. The molecule has 0 bridgehead atoms. The molecule has 0 saturated heterocycles. The molecule has 1 heterocycles. The van der Waals surface area contributed by atoms with Gasteiger partial charge in [0.2, 0.25) is 0 Å². The largest absolute Gasteiger partial charge is 0.316 e. The summed E-state index contributed by atoms with van der Waals surface area (Å²) in [7, 11) is 0. The second-order valence-electron chi connectivity index (χ2n) is 5.70. The van der Waals surface area contributed by atoms with Crippen molar-refractivity contribution < 1.29 is 0 Å². The van der Waals surface area contributed by atoms with Crippen LogP contribution in [-0.2, 0) is 6.42 Å². The maximum absolute atomic E-state index is 4.68. The van der Waals surface area contributed by atoms with Gasteiger partial charge < -0.3 is 5.32 Å². The summed E-state index contributed by atoms with van der Waals surface area (Å²) < 4.78 is 2.19. The molecule has 0 spiro atoms. The third-order valence-corrected chi connectivity index (χ3v) is 3.59. The summed E-state index contributed by atoms with van der Waals surface area (Å²) in [5.74, 6) is 0.718. The van der Waals surface area contributed by atoms with E-state index < -0.39 is 0 Å². The molecule has 1 N–H and O–H groups in total. The van der Waals surface area contributed by atoms with Gasteiger partial charge in [-0.25, -0.2) is 0 Å². The van der Waals surface area contributed by atoms with Gasteiger partial charge in [-0.05, 0) is 58.2 Å². The lowest BCUT2D eigenvalue weighted by Gasteiger charge is -2.12. The van der Waals surface area contributed by atoms with E-state index in [4.69, 9.17) is 0 Å². The van der Waals surface area contributed by atoms with Gasteiger partial charge >= 0.3 is 0 Å². The van der Waals surface area contributed by atoms with E-state index in [1.807, 2.05) is 0 Å². The first-order valence-corrected chi connectivity index (χ1v) is 7.22. The zero-order valence-electron chi connectivity index (χ0n) is 12.9. The van der Waals surface area contributed by atoms with Crippen LogP contribution in [0.2, 0.25) is 0 Å². The van der Waals surface area contributed by atoms with Crippen LogP contribution in [0.1, 0.15) is 57.1 Å². The zero-order valence-corrected chi connectivity index (χ0v) is 12.9. The first-order valence-electron chi connectivity index (χ1n) is 7.22. The van der Waals surface area contributed by atoms with Crippen molar-refractivity contribution in [1.29, 1.82) is 0 Å². The summed E-state index contributed by atoms with van der Waals surface area (Å²) in [5, 5.41) is 8.19. The van der Waals surface area contributed by atoms with Gasteiger partial charge in [0.25, 0.3) is 0 Å². The molecule has 0 aromatic carbocycles. The fourth-order valence-corrected chi connectivity index (χ4v) is 2.27. The third kappa shape index (κ3) is 3.84. The van der Waals surface area contributed by atoms with Crippen molar-refractivity contribution in [2.24, 2.45) is 5.92 Å². The van der Waals surface area contributed by atoms with E-state index >= 15 is 0 Å². The lowest BCUT2D eigenvalue weighted by atomic mass is 10.1. The van der Waals surface area contributed by atoms with Crippen molar-refractivity contribution in [2.45, 2.75) is 60.4 Å². The van der Waals surface area contributed by atoms with Crippen molar-refractivity contribution in [3.63, 3.8) is 0 Å². The number of aromatic nitrogens is 2. The van der Waals surface area contributed by atoms with Crippen LogP contribution < -0.4 is 5.32 Å². The van der Waals surface area contributed by atoms with E-state index in [9.17, 15) is 0 Å². The molecule has 1 aromatic heterocycles. The Morgan fingerprint density at radius 1 is 1.22 bits per heavy atom. The van der Waals surface area contributed by atoms with E-state index in [1.165, 1.54) is 17.0 Å². The van der Waals surface area contributed by atoms with E-state index in [0.717, 1.165) is 31.8 Å². The maximum Gasteiger partial charge on any atom is 0.0629 e. The fraction of sp³-hybridized carbons (Fsp3) is 0.800. The highest BCUT2D eigenvalue weighted by atomic mass is 15.3. The molecule has 1 atom stereocenters. The minimum atomic E-state index is 0.501. The molecule has 0 amide bonds. The highest BCUT2D eigenvalue weighted by Crippen LogP contribution is 2.19. The molecular weight excluding hydrogens is 222 g/mol. The molecule has 104 valence electrons. The van der Waals surface area contributed by atoms with Gasteiger partial charge in [-0.2, -0.15) is 5.10 Å². The number of rotatable bonds is 7. The Morgan fingerprint density at radius 3 is 2.44 bits per heavy atom. The van der Waals surface area contributed by atoms with Gasteiger partial charge in [0.1, 0.15) is 0 Å². The summed E-state index contributed by atoms with van der Waals surface area (Å²) in [5.41, 5.74) is 3.96. The number of hydrogen-bond acceptors (Lipinski definition) is 2. The Hall–Kier alpha value is -0.830. The van der Waals surface area contributed by atoms with Crippen molar-refractivity contribution in [2.75, 3.05) is 13.1 Å². The Kier molecular flexibility index (Phi) is 5.86. The molecule has 1 aromatic rings. The van der Waals surface area contributed by atoms with E-state index in [1.54, 1.807) is 0 Å². The van der Waals surface area contributed by atoms with Crippen molar-refractivity contribution in [3.05, 3.63) is 17.0 Å². The van der Waals surface area contributed by atoms with Gasteiger partial charge in [0.05, 0.1) is 5.69 Å². The predicted octanol–water partition coefficient (Wildman–Crippen LogP) is 3.26. The first-order chi connectivity index (χ1) is 8.47. The highest BCUT2D eigenvalue weighted by Gasteiger charge is 2.14.